The Morgan fingerprint density at radius 1 is 1.16 bits per heavy atom. The molecule has 0 radical (unpaired) electrons. The fourth-order valence-electron chi connectivity index (χ4n) is 2.21. The maximum atomic E-state index is 10.6. The number of fused-ring (bicyclic) bond motifs is 1. The molecule has 0 saturated carbocycles. The van der Waals surface area contributed by atoms with Gasteiger partial charge in [0.25, 0.3) is 0 Å². The van der Waals surface area contributed by atoms with Gasteiger partial charge >= 0.3 is 59.1 Å². The molecule has 0 aliphatic carbocycles. The zero-order valence-electron chi connectivity index (χ0n) is 13.3. The Labute approximate surface area is 186 Å². The summed E-state index contributed by atoms with van der Waals surface area (Å²) in [5.74, 6) is 2.11. The second-order valence-electron chi connectivity index (χ2n) is 4.77. The van der Waals surface area contributed by atoms with Crippen LogP contribution < -0.4 is 79.5 Å². The van der Waals surface area contributed by atoms with Gasteiger partial charge in [0.05, 0.1) is 12.0 Å². The molecule has 4 atom stereocenters. The van der Waals surface area contributed by atoms with E-state index in [1.54, 1.807) is 0 Å². The zero-order chi connectivity index (χ0) is 16.8. The van der Waals surface area contributed by atoms with Crippen LogP contribution in [0.15, 0.2) is 12.7 Å². The average Bonchev–Trinajstić information content (AvgIpc) is 3.01. The van der Waals surface area contributed by atoms with E-state index >= 15 is 0 Å². The van der Waals surface area contributed by atoms with Crippen LogP contribution in [0.5, 0.6) is 0 Å². The van der Waals surface area contributed by atoms with Gasteiger partial charge in [-0.1, -0.05) is 7.94 Å². The topological polar surface area (TPSA) is 188 Å². The molecule has 122 valence electrons. The molecule has 2 aromatic rings. The molecule has 3 rings (SSSR count). The number of anilines is 1. The molecule has 0 aromatic carbocycles. The Kier molecular flexibility index (Phi) is 8.20. The van der Waals surface area contributed by atoms with E-state index in [1.165, 1.54) is 22.9 Å². The number of imidazole rings is 1. The van der Waals surface area contributed by atoms with Gasteiger partial charge in [0.15, 0.2) is 23.8 Å². The van der Waals surface area contributed by atoms with Gasteiger partial charge in [-0.25, -0.2) is 15.0 Å². The third-order valence-corrected chi connectivity index (χ3v) is 3.65. The van der Waals surface area contributed by atoms with E-state index in [1.807, 2.05) is 5.92 Å². The molecule has 1 saturated heterocycles. The first-order valence-corrected chi connectivity index (χ1v) is 7.81. The molecule has 0 spiro atoms. The van der Waals surface area contributed by atoms with Crippen molar-refractivity contribution < 1.29 is 88.7 Å². The van der Waals surface area contributed by atoms with E-state index in [0.29, 0.717) is 0 Å². The zero-order valence-corrected chi connectivity index (χ0v) is 18.2. The molecule has 0 unspecified atom stereocenters. The van der Waals surface area contributed by atoms with Gasteiger partial charge in [-0.15, -0.1) is 0 Å². The van der Waals surface area contributed by atoms with Crippen molar-refractivity contribution in [2.75, 3.05) is 5.73 Å². The van der Waals surface area contributed by atoms with Gasteiger partial charge < -0.3 is 35.4 Å². The predicted molar refractivity (Wildman–Crippen MR) is 70.4 cm³/mol. The summed E-state index contributed by atoms with van der Waals surface area (Å²) in [5.41, 5.74) is 7.63. The van der Waals surface area contributed by atoms with E-state index in [2.05, 4.69) is 15.0 Å². The van der Waals surface area contributed by atoms with Crippen molar-refractivity contribution in [3.8, 4) is 11.6 Å². The van der Waals surface area contributed by atoms with Crippen molar-refractivity contribution >= 4 is 24.9 Å². The number of nitrogen functional groups attached to an aromatic ring is 1. The number of hydrogen-bond acceptors (Lipinski definition) is 10. The standard InChI is InChI=1S/C11H12N5O6P.2Na/c12-9-6-10(14-3-13-9)16(4-15-6)11-8(18)7(17)5(22-11)1-2-23(19,20)21;;/h3-5,7-8,11,17-18H,(H2,12,13,14)(H2,19,20,21);;/q;2*+1/p-2/t5-,7-,8-,11-;;/m1../s1. The minimum absolute atomic E-state index is 0. The number of aliphatic hydroxyl groups is 2. The molecule has 1 aliphatic heterocycles. The molecule has 1 aliphatic rings. The Morgan fingerprint density at radius 2 is 1.84 bits per heavy atom. The van der Waals surface area contributed by atoms with E-state index in [0.717, 1.165) is 0 Å². The third-order valence-electron chi connectivity index (χ3n) is 3.24. The van der Waals surface area contributed by atoms with Gasteiger partial charge in [-0.2, -0.15) is 0 Å². The Morgan fingerprint density at radius 3 is 2.48 bits per heavy atom. The van der Waals surface area contributed by atoms with E-state index < -0.39 is 32.5 Å². The molecule has 1 fully saturated rings. The van der Waals surface area contributed by atoms with Crippen LogP contribution in [-0.4, -0.2) is 48.0 Å². The molecular formula is C11H10N5Na2O6P. The first-order chi connectivity index (χ1) is 10.8. The maximum Gasteiger partial charge on any atom is 1.00 e. The van der Waals surface area contributed by atoms with Gasteiger partial charge in [0, 0.05) is 0 Å². The van der Waals surface area contributed by atoms with Crippen LogP contribution in [-0.2, 0) is 4.74 Å². The largest absolute Gasteiger partial charge is 1.00 e. The number of aliphatic hydroxyl groups excluding tert-OH is 2. The molecule has 4 N–H and O–H groups in total. The SMILES string of the molecule is Nc1ncnc2c1ncn2[C@@H]1O[C@H](C#C[P+]([O-])([O-])[O-])[C@@H](O)[C@H]1O.[Na+].[Na+]. The summed E-state index contributed by atoms with van der Waals surface area (Å²) >= 11 is 0. The monoisotopic (exact) mass is 385 g/mol. The molecule has 25 heavy (non-hydrogen) atoms. The molecule has 14 heteroatoms. The number of aromatic nitrogens is 4. The van der Waals surface area contributed by atoms with Crippen molar-refractivity contribution in [1.82, 2.24) is 19.5 Å². The average molecular weight is 385 g/mol. The van der Waals surface area contributed by atoms with E-state index in [4.69, 9.17) is 10.5 Å². The first kappa shape index (κ1) is 23.1. The number of hydrogen-bond donors (Lipinski definition) is 3. The summed E-state index contributed by atoms with van der Waals surface area (Å²) in [6.07, 6.45) is -2.99. The maximum absolute atomic E-state index is 10.6. The predicted octanol–water partition coefficient (Wildman–Crippen LogP) is -10.2. The Balaban J connectivity index is 0.00000156. The van der Waals surface area contributed by atoms with Crippen LogP contribution in [0.1, 0.15) is 6.23 Å². The van der Waals surface area contributed by atoms with E-state index in [-0.39, 0.29) is 76.1 Å². The Hall–Kier alpha value is 0.1000. The van der Waals surface area contributed by atoms with Crippen molar-refractivity contribution in [3.63, 3.8) is 0 Å². The molecular weight excluding hydrogens is 375 g/mol. The first-order valence-electron chi connectivity index (χ1n) is 6.27. The van der Waals surface area contributed by atoms with Crippen LogP contribution >= 0.6 is 7.94 Å². The second-order valence-corrected chi connectivity index (χ2v) is 5.98. The summed E-state index contributed by atoms with van der Waals surface area (Å²) in [6, 6.07) is 0. The summed E-state index contributed by atoms with van der Waals surface area (Å²) in [5, 5.41) is 20.0. The molecule has 11 nitrogen and oxygen atoms in total. The van der Waals surface area contributed by atoms with Gasteiger partial charge in [0.1, 0.15) is 24.1 Å². The molecule has 0 bridgehead atoms. The number of nitrogens with zero attached hydrogens (tertiary/aromatic N) is 4. The fourth-order valence-corrected chi connectivity index (χ4v) is 2.49. The number of ether oxygens (including phenoxy) is 1. The minimum atomic E-state index is -5.08. The molecule has 3 heterocycles. The van der Waals surface area contributed by atoms with Crippen molar-refractivity contribution in [2.45, 2.75) is 24.5 Å². The van der Waals surface area contributed by atoms with Crippen molar-refractivity contribution in [1.29, 1.82) is 0 Å². The summed E-state index contributed by atoms with van der Waals surface area (Å²) in [4.78, 5) is 43.4. The fraction of sp³-hybridized carbons (Fsp3) is 0.364. The third kappa shape index (κ3) is 4.88. The summed E-state index contributed by atoms with van der Waals surface area (Å²) in [6.45, 7) is 0. The van der Waals surface area contributed by atoms with Crippen LogP contribution in [0.25, 0.3) is 11.2 Å². The second kappa shape index (κ2) is 8.86. The summed E-state index contributed by atoms with van der Waals surface area (Å²) in [7, 11) is -5.08. The van der Waals surface area contributed by atoms with Crippen LogP contribution in [0.4, 0.5) is 5.82 Å². The molecule has 2 aromatic heterocycles. The number of nitrogens with two attached hydrogens (primary N) is 1. The van der Waals surface area contributed by atoms with Crippen LogP contribution in [0, 0.1) is 11.6 Å². The van der Waals surface area contributed by atoms with Crippen LogP contribution in [0.2, 0.25) is 0 Å². The van der Waals surface area contributed by atoms with Crippen molar-refractivity contribution in [3.05, 3.63) is 12.7 Å². The van der Waals surface area contributed by atoms with Gasteiger partial charge in [-0.3, -0.25) is 4.57 Å². The van der Waals surface area contributed by atoms with Crippen LogP contribution in [0.3, 0.4) is 0 Å². The summed E-state index contributed by atoms with van der Waals surface area (Å²) < 4.78 is 6.63. The smallest absolute Gasteiger partial charge is 0.677 e. The minimum Gasteiger partial charge on any atom is -0.677 e. The number of rotatable bonds is 1. The van der Waals surface area contributed by atoms with Gasteiger partial charge in [0.2, 0.25) is 0 Å². The normalized spacial score (nSPS) is 25.6. The molecule has 0 amide bonds. The quantitative estimate of drug-likeness (QED) is 0.241. The Bertz CT molecular complexity index is 806. The van der Waals surface area contributed by atoms with E-state index in [9.17, 15) is 24.9 Å². The van der Waals surface area contributed by atoms with Crippen molar-refractivity contribution in [2.24, 2.45) is 0 Å². The van der Waals surface area contributed by atoms with Gasteiger partial charge in [-0.05, 0) is 5.92 Å².